The molecule has 2 unspecified atom stereocenters. The van der Waals surface area contributed by atoms with Crippen molar-refractivity contribution in [3.05, 3.63) is 30.1 Å². The second-order valence-electron chi connectivity index (χ2n) is 3.69. The van der Waals surface area contributed by atoms with E-state index in [0.717, 1.165) is 0 Å². The third-order valence-corrected chi connectivity index (χ3v) is 2.28. The summed E-state index contributed by atoms with van der Waals surface area (Å²) in [6, 6.07) is 7.82. The van der Waals surface area contributed by atoms with Crippen LogP contribution in [0.1, 0.15) is 6.92 Å². The lowest BCUT2D eigenvalue weighted by molar-refractivity contribution is 0.157. The van der Waals surface area contributed by atoms with Crippen molar-refractivity contribution in [3.8, 4) is 6.07 Å². The van der Waals surface area contributed by atoms with Crippen molar-refractivity contribution in [2.24, 2.45) is 5.92 Å². The monoisotopic (exact) mass is 222 g/mol. The van der Waals surface area contributed by atoms with E-state index in [4.69, 9.17) is 10.00 Å². The minimum atomic E-state index is -0.387. The molecule has 16 heavy (non-hydrogen) atoms. The minimum absolute atomic E-state index is 0.0401. The highest BCUT2D eigenvalue weighted by Crippen LogP contribution is 2.14. The number of methoxy groups -OCH3 is 1. The lowest BCUT2D eigenvalue weighted by Crippen LogP contribution is -2.28. The fourth-order valence-corrected chi connectivity index (χ4v) is 1.42. The predicted molar refractivity (Wildman–Crippen MR) is 60.5 cm³/mol. The van der Waals surface area contributed by atoms with Crippen molar-refractivity contribution in [1.29, 1.82) is 5.26 Å². The first-order valence-corrected chi connectivity index (χ1v) is 5.08. The summed E-state index contributed by atoms with van der Waals surface area (Å²) < 4.78 is 17.9. The van der Waals surface area contributed by atoms with Crippen LogP contribution in [-0.4, -0.2) is 19.8 Å². The lowest BCUT2D eigenvalue weighted by atomic mass is 10.0. The van der Waals surface area contributed by atoms with Gasteiger partial charge in [-0.2, -0.15) is 5.26 Å². The summed E-state index contributed by atoms with van der Waals surface area (Å²) in [5.41, 5.74) is 0.606. The maximum Gasteiger partial charge on any atom is 0.125 e. The van der Waals surface area contributed by atoms with Gasteiger partial charge in [0.05, 0.1) is 12.7 Å². The standard InChI is InChI=1S/C12H15FN2O/c1-9(8-16-2)12(7-14)15-11-5-3-4-10(13)6-11/h3-6,9,12,15H,8H2,1-2H3. The average molecular weight is 222 g/mol. The van der Waals surface area contributed by atoms with Gasteiger partial charge < -0.3 is 10.1 Å². The summed E-state index contributed by atoms with van der Waals surface area (Å²) in [6.07, 6.45) is 0. The van der Waals surface area contributed by atoms with Crippen LogP contribution in [0.5, 0.6) is 0 Å². The Morgan fingerprint density at radius 3 is 2.88 bits per heavy atom. The van der Waals surface area contributed by atoms with Crippen molar-refractivity contribution < 1.29 is 9.13 Å². The van der Waals surface area contributed by atoms with Crippen molar-refractivity contribution in [2.75, 3.05) is 19.0 Å². The van der Waals surface area contributed by atoms with Gasteiger partial charge in [0.25, 0.3) is 0 Å². The molecule has 0 saturated carbocycles. The van der Waals surface area contributed by atoms with Crippen LogP contribution in [0.15, 0.2) is 24.3 Å². The quantitative estimate of drug-likeness (QED) is 0.832. The second kappa shape index (κ2) is 6.09. The molecule has 0 spiro atoms. The van der Waals surface area contributed by atoms with Crippen molar-refractivity contribution in [2.45, 2.75) is 13.0 Å². The van der Waals surface area contributed by atoms with Crippen molar-refractivity contribution >= 4 is 5.69 Å². The molecule has 0 aliphatic heterocycles. The van der Waals surface area contributed by atoms with Gasteiger partial charge in [-0.25, -0.2) is 4.39 Å². The summed E-state index contributed by atoms with van der Waals surface area (Å²) in [5, 5.41) is 12.0. The van der Waals surface area contributed by atoms with E-state index in [1.165, 1.54) is 12.1 Å². The molecule has 0 radical (unpaired) electrons. The molecule has 86 valence electrons. The van der Waals surface area contributed by atoms with Crippen molar-refractivity contribution in [1.82, 2.24) is 0 Å². The number of hydrogen-bond acceptors (Lipinski definition) is 3. The molecule has 1 aromatic carbocycles. The minimum Gasteiger partial charge on any atom is -0.384 e. The number of nitriles is 1. The van der Waals surface area contributed by atoms with Crippen LogP contribution in [0, 0.1) is 23.1 Å². The molecule has 0 bridgehead atoms. The summed E-state index contributed by atoms with van der Waals surface area (Å²) in [6.45, 7) is 2.39. The van der Waals surface area contributed by atoms with E-state index in [1.807, 2.05) is 6.92 Å². The van der Waals surface area contributed by atoms with Crippen LogP contribution in [-0.2, 0) is 4.74 Å². The third kappa shape index (κ3) is 3.52. The first-order chi connectivity index (χ1) is 7.67. The van der Waals surface area contributed by atoms with Gasteiger partial charge in [-0.1, -0.05) is 13.0 Å². The molecule has 1 N–H and O–H groups in total. The van der Waals surface area contributed by atoms with Gasteiger partial charge in [-0.15, -0.1) is 0 Å². The molecule has 0 heterocycles. The van der Waals surface area contributed by atoms with E-state index in [0.29, 0.717) is 12.3 Å². The maximum atomic E-state index is 12.9. The molecule has 4 heteroatoms. The van der Waals surface area contributed by atoms with Crippen LogP contribution in [0.25, 0.3) is 0 Å². The van der Waals surface area contributed by atoms with Gasteiger partial charge in [-0.05, 0) is 18.2 Å². The van der Waals surface area contributed by atoms with Gasteiger partial charge >= 0.3 is 0 Å². The third-order valence-electron chi connectivity index (χ3n) is 2.28. The molecule has 1 aromatic rings. The fourth-order valence-electron chi connectivity index (χ4n) is 1.42. The van der Waals surface area contributed by atoms with E-state index in [-0.39, 0.29) is 17.8 Å². The molecule has 1 rings (SSSR count). The average Bonchev–Trinajstić information content (AvgIpc) is 2.26. The normalized spacial score (nSPS) is 13.9. The Kier molecular flexibility index (Phi) is 4.74. The molecular formula is C12H15FN2O. The van der Waals surface area contributed by atoms with Gasteiger partial charge in [0.15, 0.2) is 0 Å². The predicted octanol–water partition coefficient (Wildman–Crippen LogP) is 2.41. The Hall–Kier alpha value is -1.60. The summed E-state index contributed by atoms with van der Waals surface area (Å²) in [5.74, 6) is -0.278. The molecular weight excluding hydrogens is 207 g/mol. The number of nitrogens with one attached hydrogen (secondary N) is 1. The van der Waals surface area contributed by atoms with Crippen LogP contribution in [0.2, 0.25) is 0 Å². The second-order valence-corrected chi connectivity index (χ2v) is 3.69. The molecule has 0 saturated heterocycles. The topological polar surface area (TPSA) is 45.0 Å². The molecule has 0 aliphatic rings. The number of anilines is 1. The molecule has 0 aliphatic carbocycles. The largest absolute Gasteiger partial charge is 0.384 e. The van der Waals surface area contributed by atoms with Crippen LogP contribution < -0.4 is 5.32 Å². The number of hydrogen-bond donors (Lipinski definition) is 1. The van der Waals surface area contributed by atoms with E-state index in [9.17, 15) is 4.39 Å². The number of ether oxygens (including phenoxy) is 1. The summed E-state index contributed by atoms with van der Waals surface area (Å²) >= 11 is 0. The van der Waals surface area contributed by atoms with Gasteiger partial charge in [0.1, 0.15) is 11.9 Å². The summed E-state index contributed by atoms with van der Waals surface area (Å²) in [4.78, 5) is 0. The molecule has 3 nitrogen and oxygen atoms in total. The first-order valence-electron chi connectivity index (χ1n) is 5.08. The molecule has 0 aromatic heterocycles. The maximum absolute atomic E-state index is 12.9. The highest BCUT2D eigenvalue weighted by atomic mass is 19.1. The Bertz CT molecular complexity index is 376. The highest BCUT2D eigenvalue weighted by molar-refractivity contribution is 5.45. The van der Waals surface area contributed by atoms with Crippen LogP contribution in [0.3, 0.4) is 0 Å². The molecule has 0 fully saturated rings. The Morgan fingerprint density at radius 1 is 1.56 bits per heavy atom. The smallest absolute Gasteiger partial charge is 0.125 e. The molecule has 2 atom stereocenters. The Morgan fingerprint density at radius 2 is 2.31 bits per heavy atom. The number of halogens is 1. The van der Waals surface area contributed by atoms with Gasteiger partial charge in [-0.3, -0.25) is 0 Å². The zero-order valence-electron chi connectivity index (χ0n) is 9.40. The Balaban J connectivity index is 2.67. The number of rotatable bonds is 5. The molecule has 0 amide bonds. The number of nitrogens with zero attached hydrogens (tertiary/aromatic N) is 1. The zero-order chi connectivity index (χ0) is 12.0. The highest BCUT2D eigenvalue weighted by Gasteiger charge is 2.16. The van der Waals surface area contributed by atoms with E-state index >= 15 is 0 Å². The van der Waals surface area contributed by atoms with E-state index in [2.05, 4.69) is 11.4 Å². The lowest BCUT2D eigenvalue weighted by Gasteiger charge is -2.19. The first kappa shape index (κ1) is 12.5. The van der Waals surface area contributed by atoms with Gasteiger partial charge in [0, 0.05) is 18.7 Å². The summed E-state index contributed by atoms with van der Waals surface area (Å²) in [7, 11) is 1.59. The van der Waals surface area contributed by atoms with E-state index < -0.39 is 0 Å². The van der Waals surface area contributed by atoms with Crippen molar-refractivity contribution in [3.63, 3.8) is 0 Å². The van der Waals surface area contributed by atoms with Gasteiger partial charge in [0.2, 0.25) is 0 Å². The number of benzene rings is 1. The zero-order valence-corrected chi connectivity index (χ0v) is 9.40. The Labute approximate surface area is 94.8 Å². The van der Waals surface area contributed by atoms with Crippen LogP contribution in [0.4, 0.5) is 10.1 Å². The van der Waals surface area contributed by atoms with E-state index in [1.54, 1.807) is 19.2 Å². The van der Waals surface area contributed by atoms with Crippen LogP contribution >= 0.6 is 0 Å². The fraction of sp³-hybridized carbons (Fsp3) is 0.417. The SMILES string of the molecule is COCC(C)C(C#N)Nc1cccc(F)c1.